The molecule has 0 radical (unpaired) electrons. The number of piperazine rings is 1. The number of anilines is 1. The maximum absolute atomic E-state index is 5.29. The van der Waals surface area contributed by atoms with E-state index in [9.17, 15) is 0 Å². The number of hydrogen-bond donors (Lipinski definition) is 0. The van der Waals surface area contributed by atoms with Crippen molar-refractivity contribution in [2.75, 3.05) is 31.1 Å². The Morgan fingerprint density at radius 2 is 1.96 bits per heavy atom. The van der Waals surface area contributed by atoms with Crippen molar-refractivity contribution in [1.82, 2.24) is 29.6 Å². The number of hydrogen-bond acceptors (Lipinski definition) is 8. The lowest BCUT2D eigenvalue weighted by atomic mass is 10.2. The molecule has 0 bridgehead atoms. The van der Waals surface area contributed by atoms with E-state index in [1.54, 1.807) is 11.3 Å². The zero-order chi connectivity index (χ0) is 16.0. The number of rotatable bonds is 3. The minimum Gasteiger partial charge on any atom is -0.344 e. The lowest BCUT2D eigenvalue weighted by molar-refractivity contribution is 0.164. The van der Waals surface area contributed by atoms with Gasteiger partial charge in [-0.3, -0.25) is 4.90 Å². The second kappa shape index (κ2) is 5.57. The summed E-state index contributed by atoms with van der Waals surface area (Å²) in [5.41, 5.74) is 1.00. The van der Waals surface area contributed by atoms with Gasteiger partial charge in [-0.25, -0.2) is 9.50 Å². The Morgan fingerprint density at radius 1 is 1.17 bits per heavy atom. The van der Waals surface area contributed by atoms with E-state index in [0.717, 1.165) is 42.0 Å². The summed E-state index contributed by atoms with van der Waals surface area (Å²) in [6.45, 7) is 9.72. The molecule has 1 saturated heterocycles. The fraction of sp³-hybridized carbons (Fsp3) is 0.571. The Balaban J connectivity index is 1.43. The van der Waals surface area contributed by atoms with Gasteiger partial charge < -0.3 is 9.42 Å². The minimum absolute atomic E-state index is 0.148. The molecule has 0 N–H and O–H groups in total. The van der Waals surface area contributed by atoms with Crippen LogP contribution in [0.3, 0.4) is 0 Å². The molecule has 0 unspecified atom stereocenters. The standard InChI is InChI=1S/C14H19N7OS/c1-9-8-21-13(15-9)23-14(17-21)20-6-4-19(5-7-20)10(2)12-16-11(3)18-22-12/h8,10H,4-7H2,1-3H3/t10-/m0/s1. The largest absolute Gasteiger partial charge is 0.344 e. The highest BCUT2D eigenvalue weighted by molar-refractivity contribution is 7.20. The summed E-state index contributed by atoms with van der Waals surface area (Å²) in [5.74, 6) is 1.38. The SMILES string of the molecule is Cc1cn2nc(N3CCN([C@@H](C)c4nc(C)no4)CC3)sc2n1. The van der Waals surface area contributed by atoms with E-state index in [2.05, 4.69) is 36.9 Å². The third-order valence-corrected chi connectivity index (χ3v) is 5.17. The maximum atomic E-state index is 5.29. The van der Waals surface area contributed by atoms with Gasteiger partial charge in [0.1, 0.15) is 0 Å². The van der Waals surface area contributed by atoms with Crippen molar-refractivity contribution in [3.05, 3.63) is 23.6 Å². The highest BCUT2D eigenvalue weighted by atomic mass is 32.1. The molecule has 1 atom stereocenters. The number of fused-ring (bicyclic) bond motifs is 1. The van der Waals surface area contributed by atoms with Gasteiger partial charge in [0.2, 0.25) is 16.0 Å². The molecule has 0 aliphatic carbocycles. The molecular formula is C14H19N7OS. The summed E-state index contributed by atoms with van der Waals surface area (Å²) in [7, 11) is 0. The van der Waals surface area contributed by atoms with Gasteiger partial charge in [0, 0.05) is 26.2 Å². The molecule has 0 aromatic carbocycles. The Labute approximate surface area is 137 Å². The molecule has 1 aliphatic heterocycles. The minimum atomic E-state index is 0.148. The average molecular weight is 333 g/mol. The van der Waals surface area contributed by atoms with Crippen LogP contribution in [-0.2, 0) is 0 Å². The van der Waals surface area contributed by atoms with Crippen LogP contribution in [0.15, 0.2) is 10.7 Å². The van der Waals surface area contributed by atoms with E-state index in [0.29, 0.717) is 11.7 Å². The van der Waals surface area contributed by atoms with Crippen LogP contribution < -0.4 is 4.90 Å². The summed E-state index contributed by atoms with van der Waals surface area (Å²) in [5, 5.41) is 9.54. The molecule has 23 heavy (non-hydrogen) atoms. The Kier molecular flexibility index (Phi) is 3.53. The van der Waals surface area contributed by atoms with Crippen LogP contribution in [0.1, 0.15) is 30.4 Å². The summed E-state index contributed by atoms with van der Waals surface area (Å²) < 4.78 is 7.16. The van der Waals surface area contributed by atoms with Crippen LogP contribution in [0.5, 0.6) is 0 Å². The molecule has 4 rings (SSSR count). The van der Waals surface area contributed by atoms with Crippen molar-refractivity contribution < 1.29 is 4.52 Å². The Bertz CT molecular complexity index is 783. The average Bonchev–Trinajstić information content (AvgIpc) is 3.21. The van der Waals surface area contributed by atoms with Gasteiger partial charge in [-0.2, -0.15) is 4.98 Å². The molecule has 1 aliphatic rings. The van der Waals surface area contributed by atoms with Crippen LogP contribution in [-0.4, -0.2) is 55.8 Å². The van der Waals surface area contributed by atoms with E-state index in [4.69, 9.17) is 4.52 Å². The molecule has 9 heteroatoms. The fourth-order valence-corrected chi connectivity index (χ4v) is 3.85. The first-order valence-electron chi connectivity index (χ1n) is 7.72. The second-order valence-electron chi connectivity index (χ2n) is 5.87. The topological polar surface area (TPSA) is 75.6 Å². The van der Waals surface area contributed by atoms with Crippen LogP contribution in [0.25, 0.3) is 4.96 Å². The summed E-state index contributed by atoms with van der Waals surface area (Å²) in [6, 6.07) is 0.148. The van der Waals surface area contributed by atoms with Crippen molar-refractivity contribution in [1.29, 1.82) is 0 Å². The quantitative estimate of drug-likeness (QED) is 0.721. The van der Waals surface area contributed by atoms with Gasteiger partial charge in [0.15, 0.2) is 5.82 Å². The highest BCUT2D eigenvalue weighted by Crippen LogP contribution is 2.26. The van der Waals surface area contributed by atoms with E-state index in [1.807, 2.05) is 24.6 Å². The zero-order valence-corrected chi connectivity index (χ0v) is 14.2. The third-order valence-electron chi connectivity index (χ3n) is 4.19. The molecule has 0 saturated carbocycles. The molecule has 122 valence electrons. The van der Waals surface area contributed by atoms with Crippen molar-refractivity contribution in [3.8, 4) is 0 Å². The number of nitrogens with zero attached hydrogens (tertiary/aromatic N) is 7. The lowest BCUT2D eigenvalue weighted by Crippen LogP contribution is -2.47. The molecule has 0 spiro atoms. The zero-order valence-electron chi connectivity index (χ0n) is 13.4. The van der Waals surface area contributed by atoms with Crippen molar-refractivity contribution in [2.45, 2.75) is 26.8 Å². The van der Waals surface area contributed by atoms with Gasteiger partial charge >= 0.3 is 0 Å². The van der Waals surface area contributed by atoms with E-state index in [1.165, 1.54) is 0 Å². The van der Waals surface area contributed by atoms with Crippen molar-refractivity contribution in [3.63, 3.8) is 0 Å². The lowest BCUT2D eigenvalue weighted by Gasteiger charge is -2.36. The number of aryl methyl sites for hydroxylation is 2. The van der Waals surface area contributed by atoms with Gasteiger partial charge in [-0.05, 0) is 20.8 Å². The molecule has 4 heterocycles. The molecule has 8 nitrogen and oxygen atoms in total. The summed E-state index contributed by atoms with van der Waals surface area (Å²) in [4.78, 5) is 14.4. The van der Waals surface area contributed by atoms with E-state index < -0.39 is 0 Å². The first kappa shape index (κ1) is 14.6. The molecule has 3 aromatic heterocycles. The maximum Gasteiger partial charge on any atom is 0.243 e. The molecule has 3 aromatic rings. The molecule has 0 amide bonds. The fourth-order valence-electron chi connectivity index (χ4n) is 2.87. The van der Waals surface area contributed by atoms with Gasteiger partial charge in [0.05, 0.1) is 17.9 Å². The van der Waals surface area contributed by atoms with Crippen LogP contribution in [0.2, 0.25) is 0 Å². The van der Waals surface area contributed by atoms with Gasteiger partial charge in [-0.15, -0.1) is 5.10 Å². The Hall–Kier alpha value is -2.00. The van der Waals surface area contributed by atoms with Crippen LogP contribution in [0, 0.1) is 13.8 Å². The molecule has 1 fully saturated rings. The normalized spacial score (nSPS) is 18.0. The van der Waals surface area contributed by atoms with Gasteiger partial charge in [0.25, 0.3) is 0 Å². The summed E-state index contributed by atoms with van der Waals surface area (Å²) in [6.07, 6.45) is 1.96. The predicted octanol–water partition coefficient (Wildman–Crippen LogP) is 1.67. The van der Waals surface area contributed by atoms with Crippen molar-refractivity contribution in [2.24, 2.45) is 0 Å². The van der Waals surface area contributed by atoms with Gasteiger partial charge in [-0.1, -0.05) is 16.5 Å². The van der Waals surface area contributed by atoms with E-state index >= 15 is 0 Å². The highest BCUT2D eigenvalue weighted by Gasteiger charge is 2.26. The monoisotopic (exact) mass is 333 g/mol. The first-order valence-corrected chi connectivity index (χ1v) is 8.54. The predicted molar refractivity (Wildman–Crippen MR) is 86.8 cm³/mol. The third kappa shape index (κ3) is 2.70. The first-order chi connectivity index (χ1) is 11.1. The van der Waals surface area contributed by atoms with Crippen LogP contribution >= 0.6 is 11.3 Å². The number of imidazole rings is 1. The second-order valence-corrected chi connectivity index (χ2v) is 6.81. The van der Waals surface area contributed by atoms with Crippen molar-refractivity contribution >= 4 is 21.4 Å². The number of aromatic nitrogens is 5. The van der Waals surface area contributed by atoms with Crippen LogP contribution in [0.4, 0.5) is 5.13 Å². The Morgan fingerprint density at radius 3 is 2.61 bits per heavy atom. The molecular weight excluding hydrogens is 314 g/mol. The smallest absolute Gasteiger partial charge is 0.243 e. The van der Waals surface area contributed by atoms with E-state index in [-0.39, 0.29) is 6.04 Å². The summed E-state index contributed by atoms with van der Waals surface area (Å²) >= 11 is 1.64.